The molecule has 0 aliphatic carbocycles. The lowest BCUT2D eigenvalue weighted by Crippen LogP contribution is -1.89. The Bertz CT molecular complexity index is 1920. The molecular weight excluding hydrogens is 501 g/mol. The SMILES string of the molecule is Cc1c2ccccc2c(-c2nc3sc(-c4c5ccccc5c(C)c5ccccc45)nc3s2)c2ccccc12. The molecule has 8 rings (SSSR count). The zero-order valence-electron chi connectivity index (χ0n) is 20.9. The zero-order valence-corrected chi connectivity index (χ0v) is 22.6. The molecule has 0 aliphatic heterocycles. The fourth-order valence-corrected chi connectivity index (χ4v) is 8.20. The molecule has 0 amide bonds. The van der Waals surface area contributed by atoms with E-state index in [-0.39, 0.29) is 0 Å². The van der Waals surface area contributed by atoms with E-state index in [1.165, 1.54) is 65.3 Å². The third-order valence-electron chi connectivity index (χ3n) is 7.81. The summed E-state index contributed by atoms with van der Waals surface area (Å²) in [6.07, 6.45) is 0. The Hall–Kier alpha value is -4.12. The maximum absolute atomic E-state index is 5.21. The molecule has 6 aromatic carbocycles. The predicted octanol–water partition coefficient (Wildman–Crippen LogP) is 10.3. The van der Waals surface area contributed by atoms with Gasteiger partial charge in [-0.15, -0.1) is 0 Å². The molecular formula is C34H22N2S2. The summed E-state index contributed by atoms with van der Waals surface area (Å²) in [7, 11) is 0. The third kappa shape index (κ3) is 3.05. The standard InChI is InChI=1S/C34H22N2S2/c1-19-21-11-3-7-15-25(21)29(26-16-8-4-12-22(19)26)31-35-33-34(37-31)36-32(38-33)30-27-17-9-5-13-23(27)20(2)24-14-6-10-18-28(24)30/h3-18H,1-2H3. The molecule has 8 aromatic rings. The first-order valence-electron chi connectivity index (χ1n) is 12.8. The van der Waals surface area contributed by atoms with Gasteiger partial charge in [-0.25, -0.2) is 9.97 Å². The van der Waals surface area contributed by atoms with Crippen LogP contribution in [0.15, 0.2) is 97.1 Å². The van der Waals surface area contributed by atoms with Crippen LogP contribution in [0, 0.1) is 13.8 Å². The van der Waals surface area contributed by atoms with Gasteiger partial charge in [0.1, 0.15) is 10.0 Å². The lowest BCUT2D eigenvalue weighted by atomic mass is 9.93. The van der Waals surface area contributed by atoms with Crippen LogP contribution in [0.1, 0.15) is 11.1 Å². The second kappa shape index (κ2) is 8.19. The van der Waals surface area contributed by atoms with E-state index < -0.39 is 0 Å². The maximum atomic E-state index is 5.21. The topological polar surface area (TPSA) is 25.8 Å². The van der Waals surface area contributed by atoms with Crippen molar-refractivity contribution in [2.75, 3.05) is 0 Å². The lowest BCUT2D eigenvalue weighted by Gasteiger charge is -2.13. The molecule has 2 aromatic heterocycles. The summed E-state index contributed by atoms with van der Waals surface area (Å²) in [5, 5.41) is 12.2. The fraction of sp³-hybridized carbons (Fsp3) is 0.0588. The molecule has 0 bridgehead atoms. The van der Waals surface area contributed by atoms with Crippen LogP contribution in [0.2, 0.25) is 0 Å². The van der Waals surface area contributed by atoms with Crippen LogP contribution < -0.4 is 0 Å². The summed E-state index contributed by atoms with van der Waals surface area (Å²) in [5.74, 6) is 0. The molecule has 0 unspecified atom stereocenters. The number of hydrogen-bond acceptors (Lipinski definition) is 4. The van der Waals surface area contributed by atoms with Crippen LogP contribution >= 0.6 is 22.7 Å². The molecule has 0 radical (unpaired) electrons. The van der Waals surface area contributed by atoms with Crippen LogP contribution in [-0.2, 0) is 0 Å². The number of nitrogens with zero attached hydrogens (tertiary/aromatic N) is 2. The highest BCUT2D eigenvalue weighted by Gasteiger charge is 2.21. The van der Waals surface area contributed by atoms with E-state index in [4.69, 9.17) is 9.97 Å². The molecule has 180 valence electrons. The van der Waals surface area contributed by atoms with Crippen LogP contribution in [0.4, 0.5) is 0 Å². The molecule has 4 heteroatoms. The van der Waals surface area contributed by atoms with Gasteiger partial charge >= 0.3 is 0 Å². The number of benzene rings is 6. The minimum atomic E-state index is 1.00. The van der Waals surface area contributed by atoms with Crippen molar-refractivity contribution < 1.29 is 0 Å². The smallest absolute Gasteiger partial charge is 0.155 e. The maximum Gasteiger partial charge on any atom is 0.155 e. The summed E-state index contributed by atoms with van der Waals surface area (Å²) in [4.78, 5) is 12.4. The van der Waals surface area contributed by atoms with Crippen molar-refractivity contribution in [1.29, 1.82) is 0 Å². The Morgan fingerprint density at radius 1 is 0.395 bits per heavy atom. The molecule has 2 nitrogen and oxygen atoms in total. The first-order valence-corrected chi connectivity index (χ1v) is 14.4. The first kappa shape index (κ1) is 21.9. The first-order chi connectivity index (χ1) is 18.7. The zero-order chi connectivity index (χ0) is 25.4. The van der Waals surface area contributed by atoms with Gasteiger partial charge in [-0.2, -0.15) is 0 Å². The highest BCUT2D eigenvalue weighted by atomic mass is 32.1. The minimum absolute atomic E-state index is 1.00. The summed E-state index contributed by atoms with van der Waals surface area (Å²) < 4.78 is 0. The van der Waals surface area contributed by atoms with Gasteiger partial charge in [0.05, 0.1) is 0 Å². The second-order valence-electron chi connectivity index (χ2n) is 9.83. The Labute approximate surface area is 227 Å². The molecule has 38 heavy (non-hydrogen) atoms. The Morgan fingerprint density at radius 2 is 0.658 bits per heavy atom. The normalized spacial score (nSPS) is 11.9. The van der Waals surface area contributed by atoms with Crippen molar-refractivity contribution >= 4 is 75.4 Å². The highest BCUT2D eigenvalue weighted by Crippen LogP contribution is 2.45. The third-order valence-corrected chi connectivity index (χ3v) is 9.87. The average molecular weight is 523 g/mol. The van der Waals surface area contributed by atoms with Gasteiger partial charge in [0.15, 0.2) is 9.66 Å². The number of thiazole rings is 2. The van der Waals surface area contributed by atoms with E-state index in [1.54, 1.807) is 22.7 Å². The molecule has 2 heterocycles. The Balaban J connectivity index is 1.39. The van der Waals surface area contributed by atoms with E-state index in [1.807, 2.05) is 0 Å². The average Bonchev–Trinajstić information content (AvgIpc) is 3.53. The number of hydrogen-bond donors (Lipinski definition) is 0. The van der Waals surface area contributed by atoms with Gasteiger partial charge in [0, 0.05) is 11.1 Å². The number of rotatable bonds is 2. The van der Waals surface area contributed by atoms with Crippen LogP contribution in [-0.4, -0.2) is 9.97 Å². The van der Waals surface area contributed by atoms with Crippen LogP contribution in [0.5, 0.6) is 0 Å². The molecule has 0 atom stereocenters. The monoisotopic (exact) mass is 522 g/mol. The number of aryl methyl sites for hydroxylation is 2. The summed E-state index contributed by atoms with van der Waals surface area (Å²) in [6, 6.07) is 34.8. The molecule has 0 aliphatic rings. The van der Waals surface area contributed by atoms with E-state index in [2.05, 4.69) is 111 Å². The van der Waals surface area contributed by atoms with Gasteiger partial charge in [-0.3, -0.25) is 0 Å². The van der Waals surface area contributed by atoms with E-state index in [9.17, 15) is 0 Å². The predicted molar refractivity (Wildman–Crippen MR) is 166 cm³/mol. The van der Waals surface area contributed by atoms with Gasteiger partial charge in [0.2, 0.25) is 0 Å². The molecule has 0 fully saturated rings. The lowest BCUT2D eigenvalue weighted by molar-refractivity contribution is 1.50. The molecule has 0 saturated heterocycles. The number of aromatic nitrogens is 2. The summed E-state index contributed by atoms with van der Waals surface area (Å²) in [6.45, 7) is 4.44. The van der Waals surface area contributed by atoms with Crippen LogP contribution in [0.25, 0.3) is 73.9 Å². The number of fused-ring (bicyclic) bond motifs is 5. The van der Waals surface area contributed by atoms with E-state index in [0.29, 0.717) is 0 Å². The Morgan fingerprint density at radius 3 is 0.947 bits per heavy atom. The van der Waals surface area contributed by atoms with Gasteiger partial charge in [0.25, 0.3) is 0 Å². The highest BCUT2D eigenvalue weighted by molar-refractivity contribution is 7.29. The second-order valence-corrected chi connectivity index (χ2v) is 11.8. The molecule has 0 spiro atoms. The van der Waals surface area contributed by atoms with Gasteiger partial charge < -0.3 is 0 Å². The molecule has 0 N–H and O–H groups in total. The van der Waals surface area contributed by atoms with Crippen molar-refractivity contribution in [1.82, 2.24) is 9.97 Å². The Kier molecular flexibility index (Phi) is 4.72. The fourth-order valence-electron chi connectivity index (χ4n) is 6.01. The van der Waals surface area contributed by atoms with Crippen molar-refractivity contribution in [3.05, 3.63) is 108 Å². The summed E-state index contributed by atoms with van der Waals surface area (Å²) in [5.41, 5.74) is 5.06. The van der Waals surface area contributed by atoms with Crippen molar-refractivity contribution in [2.45, 2.75) is 13.8 Å². The minimum Gasteiger partial charge on any atom is -0.223 e. The van der Waals surface area contributed by atoms with Crippen molar-refractivity contribution in [3.63, 3.8) is 0 Å². The van der Waals surface area contributed by atoms with E-state index >= 15 is 0 Å². The van der Waals surface area contributed by atoms with E-state index in [0.717, 1.165) is 19.7 Å². The summed E-state index contributed by atoms with van der Waals surface area (Å²) >= 11 is 3.41. The van der Waals surface area contributed by atoms with Gasteiger partial charge in [-0.1, -0.05) is 120 Å². The van der Waals surface area contributed by atoms with Crippen molar-refractivity contribution in [2.24, 2.45) is 0 Å². The molecule has 0 saturated carbocycles. The van der Waals surface area contributed by atoms with Gasteiger partial charge in [-0.05, 0) is 68.1 Å². The van der Waals surface area contributed by atoms with Crippen molar-refractivity contribution in [3.8, 4) is 21.1 Å². The van der Waals surface area contributed by atoms with Crippen LogP contribution in [0.3, 0.4) is 0 Å². The quantitative estimate of drug-likeness (QED) is 0.211. The largest absolute Gasteiger partial charge is 0.223 e.